The van der Waals surface area contributed by atoms with E-state index < -0.39 is 5.97 Å². The van der Waals surface area contributed by atoms with Crippen LogP contribution >= 0.6 is 0 Å². The van der Waals surface area contributed by atoms with Gasteiger partial charge in [0.15, 0.2) is 6.29 Å². The number of amides is 2. The van der Waals surface area contributed by atoms with E-state index in [9.17, 15) is 19.2 Å². The van der Waals surface area contributed by atoms with Crippen LogP contribution in [0.3, 0.4) is 0 Å². The molecule has 0 N–H and O–H groups in total. The van der Waals surface area contributed by atoms with Crippen LogP contribution in [0, 0.1) is 35.5 Å². The molecule has 0 unspecified atom stereocenters. The Bertz CT molecular complexity index is 1150. The van der Waals surface area contributed by atoms with E-state index >= 15 is 0 Å². The number of carbonyl (C=O) groups excluding carboxylic acids is 4. The van der Waals surface area contributed by atoms with Crippen LogP contribution in [-0.2, 0) is 9.59 Å². The second-order valence-corrected chi connectivity index (χ2v) is 8.76. The van der Waals surface area contributed by atoms with Gasteiger partial charge < -0.3 is 4.74 Å². The van der Waals surface area contributed by atoms with E-state index in [-0.39, 0.29) is 52.4 Å². The molecule has 5 aliphatic rings. The number of nitrogens with zero attached hydrogens (tertiary/aromatic N) is 1. The standard InChI is InChI=1S/C25H19NO5/c27-12-14-4-1-2-7-20(14)31-25(30)13-5-3-6-15(10-13)26-23(28)21-16-8-9-17(19-11-18(16)19)22(21)24(26)29/h1-10,12,16-19,21-22H,11H2/t16-,17-,18-,19+,21+,22-/m1/s1. The van der Waals surface area contributed by atoms with Crippen LogP contribution in [-0.4, -0.2) is 24.1 Å². The first kappa shape index (κ1) is 18.2. The van der Waals surface area contributed by atoms with E-state index in [0.717, 1.165) is 6.42 Å². The number of anilines is 1. The van der Waals surface area contributed by atoms with Gasteiger partial charge in [-0.3, -0.25) is 14.4 Å². The zero-order valence-corrected chi connectivity index (χ0v) is 16.5. The first-order chi connectivity index (χ1) is 15.1. The number of rotatable bonds is 4. The zero-order chi connectivity index (χ0) is 21.3. The van der Waals surface area contributed by atoms with Gasteiger partial charge in [0.1, 0.15) is 5.75 Å². The third-order valence-corrected chi connectivity index (χ3v) is 7.25. The molecule has 1 saturated heterocycles. The molecule has 31 heavy (non-hydrogen) atoms. The Morgan fingerprint density at radius 1 is 0.935 bits per heavy atom. The predicted molar refractivity (Wildman–Crippen MR) is 110 cm³/mol. The number of allylic oxidation sites excluding steroid dienone is 2. The summed E-state index contributed by atoms with van der Waals surface area (Å²) < 4.78 is 5.38. The molecule has 6 heteroatoms. The summed E-state index contributed by atoms with van der Waals surface area (Å²) in [5.74, 6) is -0.0522. The molecular weight excluding hydrogens is 394 g/mol. The van der Waals surface area contributed by atoms with Crippen LogP contribution in [0.5, 0.6) is 5.75 Å². The summed E-state index contributed by atoms with van der Waals surface area (Å²) in [4.78, 5) is 51.7. The number of aldehydes is 1. The van der Waals surface area contributed by atoms with Crippen LogP contribution in [0.15, 0.2) is 60.7 Å². The minimum Gasteiger partial charge on any atom is -0.422 e. The van der Waals surface area contributed by atoms with Crippen molar-refractivity contribution in [2.75, 3.05) is 4.90 Å². The molecule has 0 radical (unpaired) electrons. The highest BCUT2D eigenvalue weighted by molar-refractivity contribution is 6.23. The van der Waals surface area contributed by atoms with Crippen LogP contribution in [0.4, 0.5) is 5.69 Å². The number of esters is 1. The fourth-order valence-electron chi connectivity index (χ4n) is 5.81. The van der Waals surface area contributed by atoms with Gasteiger partial charge in [0, 0.05) is 0 Å². The molecule has 154 valence electrons. The molecule has 1 heterocycles. The number of hydrogen-bond donors (Lipinski definition) is 0. The molecule has 6 nitrogen and oxygen atoms in total. The third-order valence-electron chi connectivity index (χ3n) is 7.25. The van der Waals surface area contributed by atoms with Gasteiger partial charge in [0.2, 0.25) is 11.8 Å². The van der Waals surface area contributed by atoms with Gasteiger partial charge in [-0.2, -0.15) is 0 Å². The van der Waals surface area contributed by atoms with Gasteiger partial charge in [0.05, 0.1) is 28.7 Å². The molecule has 0 spiro atoms. The second-order valence-electron chi connectivity index (χ2n) is 8.76. The summed E-state index contributed by atoms with van der Waals surface area (Å²) in [7, 11) is 0. The fraction of sp³-hybridized carbons (Fsp3) is 0.280. The van der Waals surface area contributed by atoms with Crippen LogP contribution in [0.2, 0.25) is 0 Å². The minimum atomic E-state index is -0.657. The summed E-state index contributed by atoms with van der Waals surface area (Å²) in [5.41, 5.74) is 0.857. The monoisotopic (exact) mass is 413 g/mol. The molecule has 7 rings (SSSR count). The average molecular weight is 413 g/mol. The van der Waals surface area contributed by atoms with Gasteiger partial charge in [0.25, 0.3) is 0 Å². The van der Waals surface area contributed by atoms with Crippen LogP contribution in [0.25, 0.3) is 0 Å². The lowest BCUT2D eigenvalue weighted by atomic mass is 9.63. The highest BCUT2D eigenvalue weighted by atomic mass is 16.5. The van der Waals surface area contributed by atoms with E-state index in [1.54, 1.807) is 36.4 Å². The molecule has 2 aromatic rings. The summed E-state index contributed by atoms with van der Waals surface area (Å²) in [5, 5.41) is 0. The average Bonchev–Trinajstić information content (AvgIpc) is 3.57. The topological polar surface area (TPSA) is 80.8 Å². The quantitative estimate of drug-likeness (QED) is 0.253. The van der Waals surface area contributed by atoms with Gasteiger partial charge in [-0.15, -0.1) is 0 Å². The molecule has 2 saturated carbocycles. The van der Waals surface area contributed by atoms with Gasteiger partial charge in [-0.1, -0.05) is 30.4 Å². The maximum atomic E-state index is 13.3. The lowest BCUT2D eigenvalue weighted by molar-refractivity contribution is -0.124. The van der Waals surface area contributed by atoms with E-state index in [2.05, 4.69) is 12.2 Å². The lowest BCUT2D eigenvalue weighted by Gasteiger charge is -2.37. The van der Waals surface area contributed by atoms with Crippen LogP contribution < -0.4 is 9.64 Å². The van der Waals surface area contributed by atoms with Gasteiger partial charge >= 0.3 is 5.97 Å². The summed E-state index contributed by atoms with van der Waals surface area (Å²) >= 11 is 0. The number of benzene rings is 2. The molecular formula is C25H19NO5. The molecule has 1 aliphatic heterocycles. The van der Waals surface area contributed by atoms with Crippen molar-refractivity contribution in [3.05, 3.63) is 71.8 Å². The second kappa shape index (κ2) is 6.48. The highest BCUT2D eigenvalue weighted by Gasteiger charge is 2.67. The Morgan fingerprint density at radius 2 is 1.61 bits per heavy atom. The minimum absolute atomic E-state index is 0.148. The number of carbonyl (C=O) groups is 4. The third kappa shape index (κ3) is 2.57. The predicted octanol–water partition coefficient (Wildman–Crippen LogP) is 3.28. The number of ether oxygens (including phenoxy) is 1. The summed E-state index contributed by atoms with van der Waals surface area (Å²) in [6, 6.07) is 12.8. The first-order valence-corrected chi connectivity index (χ1v) is 10.5. The molecule has 2 bridgehead atoms. The van der Waals surface area contributed by atoms with Crippen molar-refractivity contribution in [1.82, 2.24) is 0 Å². The molecule has 4 aliphatic carbocycles. The van der Waals surface area contributed by atoms with E-state index in [0.29, 0.717) is 23.8 Å². The summed E-state index contributed by atoms with van der Waals surface area (Å²) in [6.07, 6.45) is 5.99. The number of para-hydroxylation sites is 1. The van der Waals surface area contributed by atoms with Crippen molar-refractivity contribution >= 4 is 29.8 Å². The highest BCUT2D eigenvalue weighted by Crippen LogP contribution is 2.65. The SMILES string of the molecule is O=Cc1ccccc1OC(=O)c1cccc(N2C(=O)[C@@H]3[C@@H]4C=C[C@H]([C@H]5C[C@@H]45)[C@@H]3C2=O)c1. The van der Waals surface area contributed by atoms with Crippen molar-refractivity contribution in [3.8, 4) is 5.75 Å². The maximum Gasteiger partial charge on any atom is 0.343 e. The van der Waals surface area contributed by atoms with Crippen molar-refractivity contribution < 1.29 is 23.9 Å². The molecule has 2 amide bonds. The Labute approximate surface area is 178 Å². The fourth-order valence-corrected chi connectivity index (χ4v) is 5.81. The Balaban J connectivity index is 1.29. The van der Waals surface area contributed by atoms with Gasteiger partial charge in [-0.25, -0.2) is 9.69 Å². The lowest BCUT2D eigenvalue weighted by Crippen LogP contribution is -2.40. The Hall–Kier alpha value is -3.54. The molecule has 0 aromatic heterocycles. The van der Waals surface area contributed by atoms with Crippen molar-refractivity contribution in [2.45, 2.75) is 6.42 Å². The Morgan fingerprint density at radius 3 is 2.29 bits per heavy atom. The number of hydrogen-bond acceptors (Lipinski definition) is 5. The van der Waals surface area contributed by atoms with Crippen molar-refractivity contribution in [3.63, 3.8) is 0 Å². The largest absolute Gasteiger partial charge is 0.422 e. The van der Waals surface area contributed by atoms with E-state index in [1.807, 2.05) is 0 Å². The van der Waals surface area contributed by atoms with E-state index in [4.69, 9.17) is 4.74 Å². The smallest absolute Gasteiger partial charge is 0.343 e. The van der Waals surface area contributed by atoms with Crippen molar-refractivity contribution in [1.29, 1.82) is 0 Å². The first-order valence-electron chi connectivity index (χ1n) is 10.5. The van der Waals surface area contributed by atoms with Gasteiger partial charge in [-0.05, 0) is 60.4 Å². The Kier molecular flexibility index (Phi) is 3.81. The number of imide groups is 1. The zero-order valence-electron chi connectivity index (χ0n) is 16.5. The molecule has 6 atom stereocenters. The summed E-state index contributed by atoms with van der Waals surface area (Å²) in [6.45, 7) is 0. The van der Waals surface area contributed by atoms with E-state index in [1.165, 1.54) is 17.0 Å². The van der Waals surface area contributed by atoms with Crippen molar-refractivity contribution in [2.24, 2.45) is 35.5 Å². The maximum absolute atomic E-state index is 13.3. The van der Waals surface area contributed by atoms with Crippen LogP contribution in [0.1, 0.15) is 27.1 Å². The normalized spacial score (nSPS) is 31.9. The molecule has 2 aromatic carbocycles. The molecule has 3 fully saturated rings.